The number of hydrogen-bond donors (Lipinski definition) is 1. The van der Waals surface area contributed by atoms with Crippen LogP contribution in [0, 0.1) is 23.7 Å². The van der Waals surface area contributed by atoms with Crippen LogP contribution in [-0.2, 0) is 11.8 Å². The molecule has 0 atom stereocenters. The third-order valence-electron chi connectivity index (χ3n) is 3.60. The maximum absolute atomic E-state index is 12.3. The molecule has 0 radical (unpaired) electrons. The molecule has 0 spiro atoms. The lowest BCUT2D eigenvalue weighted by Gasteiger charge is -2.28. The Morgan fingerprint density at radius 1 is 1.50 bits per heavy atom. The Morgan fingerprint density at radius 3 is 2.67 bits per heavy atom. The monoisotopic (exact) mass is 246 g/mol. The molecular formula is C13H18N4O. The predicted octanol–water partition coefficient (Wildman–Crippen LogP) is 2.14. The van der Waals surface area contributed by atoms with Gasteiger partial charge in [-0.05, 0) is 19.8 Å². The van der Waals surface area contributed by atoms with Gasteiger partial charge in [-0.1, -0.05) is 19.3 Å². The Hall–Kier alpha value is -1.83. The summed E-state index contributed by atoms with van der Waals surface area (Å²) < 4.78 is 1.63. The molecule has 1 amide bonds. The number of aromatic nitrogens is 2. The van der Waals surface area contributed by atoms with Gasteiger partial charge >= 0.3 is 0 Å². The highest BCUT2D eigenvalue weighted by atomic mass is 16.2. The molecule has 1 N–H and O–H groups in total. The van der Waals surface area contributed by atoms with E-state index >= 15 is 0 Å². The van der Waals surface area contributed by atoms with Crippen LogP contribution in [0.3, 0.4) is 0 Å². The van der Waals surface area contributed by atoms with Crippen molar-refractivity contribution in [2.45, 2.75) is 39.0 Å². The molecule has 5 nitrogen and oxygen atoms in total. The normalized spacial score (nSPS) is 18.1. The minimum absolute atomic E-state index is 0.187. The van der Waals surface area contributed by atoms with E-state index in [1.807, 2.05) is 13.0 Å². The lowest BCUT2D eigenvalue weighted by atomic mass is 9.74. The first-order valence-electron chi connectivity index (χ1n) is 6.31. The summed E-state index contributed by atoms with van der Waals surface area (Å²) in [6, 6.07) is 4.03. The molecule has 1 aromatic heterocycles. The fourth-order valence-corrected chi connectivity index (χ4v) is 2.51. The maximum atomic E-state index is 12.3. The predicted molar refractivity (Wildman–Crippen MR) is 67.7 cm³/mol. The Kier molecular flexibility index (Phi) is 3.37. The highest BCUT2D eigenvalue weighted by molar-refractivity contribution is 5.96. The van der Waals surface area contributed by atoms with Crippen LogP contribution in [0.1, 0.15) is 37.8 Å². The van der Waals surface area contributed by atoms with Crippen molar-refractivity contribution in [3.63, 3.8) is 0 Å². The molecule has 2 rings (SSSR count). The Labute approximate surface area is 107 Å². The molecular weight excluding hydrogens is 228 g/mol. The Balaban J connectivity index is 2.16. The average molecular weight is 246 g/mol. The standard InChI is InChI=1S/C13H18N4O/c1-10-8-11(17(2)16-10)15-12(18)13(9-14)6-4-3-5-7-13/h8H,3-7H2,1-2H3,(H,15,18). The average Bonchev–Trinajstić information content (AvgIpc) is 2.68. The molecule has 96 valence electrons. The van der Waals surface area contributed by atoms with Crippen LogP contribution in [-0.4, -0.2) is 15.7 Å². The van der Waals surface area contributed by atoms with Crippen LogP contribution in [0.5, 0.6) is 0 Å². The van der Waals surface area contributed by atoms with E-state index in [2.05, 4.69) is 16.5 Å². The number of aryl methyl sites for hydroxylation is 2. The highest BCUT2D eigenvalue weighted by Gasteiger charge is 2.40. The van der Waals surface area contributed by atoms with E-state index < -0.39 is 5.41 Å². The zero-order chi connectivity index (χ0) is 13.2. The van der Waals surface area contributed by atoms with Gasteiger partial charge in [-0.2, -0.15) is 10.4 Å². The fourth-order valence-electron chi connectivity index (χ4n) is 2.51. The van der Waals surface area contributed by atoms with Crippen LogP contribution < -0.4 is 5.32 Å². The summed E-state index contributed by atoms with van der Waals surface area (Å²) in [5.41, 5.74) is -0.00128. The van der Waals surface area contributed by atoms with Crippen molar-refractivity contribution in [3.05, 3.63) is 11.8 Å². The van der Waals surface area contributed by atoms with Gasteiger partial charge in [-0.15, -0.1) is 0 Å². The fraction of sp³-hybridized carbons (Fsp3) is 0.615. The second kappa shape index (κ2) is 4.81. The number of nitrogens with zero attached hydrogens (tertiary/aromatic N) is 3. The highest BCUT2D eigenvalue weighted by Crippen LogP contribution is 2.36. The molecule has 1 aromatic rings. The molecule has 1 fully saturated rings. The number of hydrogen-bond acceptors (Lipinski definition) is 3. The van der Waals surface area contributed by atoms with Crippen molar-refractivity contribution in [1.82, 2.24) is 9.78 Å². The smallest absolute Gasteiger partial charge is 0.245 e. The molecule has 1 heterocycles. The van der Waals surface area contributed by atoms with E-state index in [-0.39, 0.29) is 5.91 Å². The quantitative estimate of drug-likeness (QED) is 0.869. The van der Waals surface area contributed by atoms with E-state index in [9.17, 15) is 10.1 Å². The minimum atomic E-state index is -0.851. The Bertz CT molecular complexity index is 492. The molecule has 1 aliphatic rings. The van der Waals surface area contributed by atoms with Gasteiger partial charge in [0.2, 0.25) is 5.91 Å². The molecule has 0 saturated heterocycles. The van der Waals surface area contributed by atoms with E-state index in [1.54, 1.807) is 11.7 Å². The molecule has 1 saturated carbocycles. The lowest BCUT2D eigenvalue weighted by Crippen LogP contribution is -2.37. The summed E-state index contributed by atoms with van der Waals surface area (Å²) in [4.78, 5) is 12.3. The van der Waals surface area contributed by atoms with Gasteiger partial charge in [0.25, 0.3) is 0 Å². The van der Waals surface area contributed by atoms with Gasteiger partial charge < -0.3 is 5.32 Å². The first kappa shape index (κ1) is 12.6. The number of rotatable bonds is 2. The maximum Gasteiger partial charge on any atom is 0.245 e. The van der Waals surface area contributed by atoms with Crippen LogP contribution in [0.15, 0.2) is 6.07 Å². The first-order chi connectivity index (χ1) is 8.57. The van der Waals surface area contributed by atoms with Gasteiger partial charge in [-0.3, -0.25) is 9.48 Å². The first-order valence-corrected chi connectivity index (χ1v) is 6.31. The molecule has 5 heteroatoms. The third-order valence-corrected chi connectivity index (χ3v) is 3.60. The summed E-state index contributed by atoms with van der Waals surface area (Å²) in [6.07, 6.45) is 4.33. The van der Waals surface area contributed by atoms with Crippen LogP contribution in [0.4, 0.5) is 5.82 Å². The minimum Gasteiger partial charge on any atom is -0.310 e. The van der Waals surface area contributed by atoms with Crippen LogP contribution >= 0.6 is 0 Å². The largest absolute Gasteiger partial charge is 0.310 e. The number of anilines is 1. The van der Waals surface area contributed by atoms with Crippen molar-refractivity contribution in [3.8, 4) is 6.07 Å². The molecule has 1 aliphatic carbocycles. The van der Waals surface area contributed by atoms with Gasteiger partial charge in [0, 0.05) is 13.1 Å². The van der Waals surface area contributed by atoms with Crippen molar-refractivity contribution < 1.29 is 4.79 Å². The zero-order valence-corrected chi connectivity index (χ0v) is 10.9. The lowest BCUT2D eigenvalue weighted by molar-refractivity contribution is -0.124. The SMILES string of the molecule is Cc1cc(NC(=O)C2(C#N)CCCCC2)n(C)n1. The van der Waals surface area contributed by atoms with Crippen LogP contribution in [0.2, 0.25) is 0 Å². The van der Waals surface area contributed by atoms with E-state index in [4.69, 9.17) is 0 Å². The summed E-state index contributed by atoms with van der Waals surface area (Å²) in [7, 11) is 1.78. The van der Waals surface area contributed by atoms with Gasteiger partial charge in [0.05, 0.1) is 11.8 Å². The van der Waals surface area contributed by atoms with Crippen molar-refractivity contribution in [2.24, 2.45) is 12.5 Å². The summed E-state index contributed by atoms with van der Waals surface area (Å²) in [5, 5.41) is 16.3. The van der Waals surface area contributed by atoms with Gasteiger partial charge in [0.15, 0.2) is 0 Å². The van der Waals surface area contributed by atoms with Gasteiger partial charge in [-0.25, -0.2) is 0 Å². The van der Waals surface area contributed by atoms with E-state index in [1.165, 1.54) is 0 Å². The molecule has 0 aliphatic heterocycles. The number of nitriles is 1. The molecule has 0 aromatic carbocycles. The number of amides is 1. The number of nitrogens with one attached hydrogen (secondary N) is 1. The van der Waals surface area contributed by atoms with Gasteiger partial charge in [0.1, 0.15) is 11.2 Å². The Morgan fingerprint density at radius 2 is 2.17 bits per heavy atom. The summed E-state index contributed by atoms with van der Waals surface area (Å²) in [6.45, 7) is 1.87. The third kappa shape index (κ3) is 2.23. The van der Waals surface area contributed by atoms with Crippen molar-refractivity contribution >= 4 is 11.7 Å². The molecule has 0 unspecified atom stereocenters. The van der Waals surface area contributed by atoms with Crippen molar-refractivity contribution in [1.29, 1.82) is 5.26 Å². The number of carbonyl (C=O) groups is 1. The van der Waals surface area contributed by atoms with E-state index in [0.717, 1.165) is 25.0 Å². The molecule has 0 bridgehead atoms. The van der Waals surface area contributed by atoms with E-state index in [0.29, 0.717) is 18.7 Å². The van der Waals surface area contributed by atoms with Crippen LogP contribution in [0.25, 0.3) is 0 Å². The zero-order valence-electron chi connectivity index (χ0n) is 10.9. The summed E-state index contributed by atoms with van der Waals surface area (Å²) >= 11 is 0. The summed E-state index contributed by atoms with van der Waals surface area (Å²) in [5.74, 6) is 0.463. The second-order valence-electron chi connectivity index (χ2n) is 5.00. The number of carbonyl (C=O) groups excluding carboxylic acids is 1. The topological polar surface area (TPSA) is 70.7 Å². The van der Waals surface area contributed by atoms with Crippen molar-refractivity contribution in [2.75, 3.05) is 5.32 Å². The molecule has 18 heavy (non-hydrogen) atoms. The second-order valence-corrected chi connectivity index (χ2v) is 5.00.